The van der Waals surface area contributed by atoms with Crippen LogP contribution in [0.3, 0.4) is 0 Å². The third-order valence-corrected chi connectivity index (χ3v) is 4.99. The van der Waals surface area contributed by atoms with Crippen LogP contribution in [-0.2, 0) is 0 Å². The number of urea groups is 1. The zero-order valence-corrected chi connectivity index (χ0v) is 13.2. The van der Waals surface area contributed by atoms with E-state index >= 15 is 0 Å². The minimum atomic E-state index is -0.178. The van der Waals surface area contributed by atoms with Gasteiger partial charge in [0, 0.05) is 27.8 Å². The molecule has 0 aromatic carbocycles. The van der Waals surface area contributed by atoms with Gasteiger partial charge in [0.1, 0.15) is 0 Å². The molecule has 0 radical (unpaired) electrons. The van der Waals surface area contributed by atoms with Gasteiger partial charge >= 0.3 is 6.03 Å². The van der Waals surface area contributed by atoms with Crippen LogP contribution in [0.15, 0.2) is 15.9 Å². The largest absolute Gasteiger partial charge is 0.329 e. The predicted octanol–water partition coefficient (Wildman–Crippen LogP) is 2.57. The molecular formula is C12H18BrN3OS. The fourth-order valence-corrected chi connectivity index (χ4v) is 3.75. The van der Waals surface area contributed by atoms with Gasteiger partial charge in [-0.1, -0.05) is 0 Å². The second-order valence-electron chi connectivity index (χ2n) is 5.12. The van der Waals surface area contributed by atoms with Gasteiger partial charge in [-0.05, 0) is 42.9 Å². The van der Waals surface area contributed by atoms with E-state index in [1.165, 1.54) is 4.88 Å². The van der Waals surface area contributed by atoms with Gasteiger partial charge in [0.25, 0.3) is 0 Å². The summed E-state index contributed by atoms with van der Waals surface area (Å²) in [5, 5.41) is 8.23. The molecule has 0 saturated carbocycles. The van der Waals surface area contributed by atoms with Crippen molar-refractivity contribution < 1.29 is 4.79 Å². The number of likely N-dealkylation sites (N-methyl/N-ethyl adjacent to an activating group) is 1. The van der Waals surface area contributed by atoms with E-state index in [4.69, 9.17) is 0 Å². The molecule has 1 unspecified atom stereocenters. The van der Waals surface area contributed by atoms with E-state index in [1.54, 1.807) is 11.3 Å². The Bertz CT molecular complexity index is 446. The number of nitrogens with zero attached hydrogens (tertiary/aromatic N) is 1. The van der Waals surface area contributed by atoms with Gasteiger partial charge in [-0.2, -0.15) is 0 Å². The minimum Gasteiger partial charge on any atom is -0.329 e. The molecule has 2 heterocycles. The number of hydrogen-bond donors (Lipinski definition) is 2. The Morgan fingerprint density at radius 2 is 2.39 bits per heavy atom. The first kappa shape index (κ1) is 13.8. The van der Waals surface area contributed by atoms with Gasteiger partial charge < -0.3 is 15.5 Å². The highest BCUT2D eigenvalue weighted by Crippen LogP contribution is 2.31. The number of thiophene rings is 1. The van der Waals surface area contributed by atoms with Crippen LogP contribution in [0.2, 0.25) is 0 Å². The van der Waals surface area contributed by atoms with Crippen LogP contribution in [0.5, 0.6) is 0 Å². The van der Waals surface area contributed by atoms with Crippen LogP contribution in [0.1, 0.15) is 24.8 Å². The third-order valence-electron chi connectivity index (χ3n) is 3.18. The maximum atomic E-state index is 12.1. The minimum absolute atomic E-state index is 0.0183. The summed E-state index contributed by atoms with van der Waals surface area (Å²) < 4.78 is 1.07. The third kappa shape index (κ3) is 2.70. The van der Waals surface area contributed by atoms with Gasteiger partial charge in [0.15, 0.2) is 0 Å². The van der Waals surface area contributed by atoms with Gasteiger partial charge in [-0.15, -0.1) is 11.3 Å². The van der Waals surface area contributed by atoms with E-state index < -0.39 is 0 Å². The van der Waals surface area contributed by atoms with Crippen molar-refractivity contribution in [1.29, 1.82) is 0 Å². The molecule has 0 spiro atoms. The summed E-state index contributed by atoms with van der Waals surface area (Å²) in [6.07, 6.45) is 0. The molecule has 2 amide bonds. The highest BCUT2D eigenvalue weighted by molar-refractivity contribution is 9.10. The SMILES string of the molecule is CNCC(C)(C)N1CC(c2cc(Br)cs2)NC1=O. The van der Waals surface area contributed by atoms with E-state index in [0.717, 1.165) is 17.6 Å². The number of amides is 2. The molecule has 1 aliphatic heterocycles. The number of carbonyl (C=O) groups excluding carboxylic acids is 1. The zero-order valence-electron chi connectivity index (χ0n) is 10.8. The second kappa shape index (κ2) is 5.19. The maximum Gasteiger partial charge on any atom is 0.318 e. The van der Waals surface area contributed by atoms with E-state index in [-0.39, 0.29) is 17.6 Å². The van der Waals surface area contributed by atoms with E-state index in [0.29, 0.717) is 0 Å². The summed E-state index contributed by atoms with van der Waals surface area (Å²) in [6.45, 7) is 5.66. The molecule has 0 aliphatic carbocycles. The Morgan fingerprint density at radius 1 is 1.67 bits per heavy atom. The lowest BCUT2D eigenvalue weighted by Gasteiger charge is -2.34. The van der Waals surface area contributed by atoms with Crippen LogP contribution >= 0.6 is 27.3 Å². The first-order valence-corrected chi connectivity index (χ1v) is 7.58. The van der Waals surface area contributed by atoms with Crippen LogP contribution < -0.4 is 10.6 Å². The Labute approximate surface area is 120 Å². The van der Waals surface area contributed by atoms with Crippen molar-refractivity contribution in [2.45, 2.75) is 25.4 Å². The normalized spacial score (nSPS) is 20.3. The molecular weight excluding hydrogens is 314 g/mol. The highest BCUT2D eigenvalue weighted by Gasteiger charge is 2.39. The molecule has 6 heteroatoms. The van der Waals surface area contributed by atoms with E-state index in [1.807, 2.05) is 17.3 Å². The first-order valence-electron chi connectivity index (χ1n) is 5.91. The van der Waals surface area contributed by atoms with Crippen molar-refractivity contribution in [3.05, 3.63) is 20.8 Å². The lowest BCUT2D eigenvalue weighted by atomic mass is 10.0. The summed E-state index contributed by atoms with van der Waals surface area (Å²) in [6, 6.07) is 2.19. The summed E-state index contributed by atoms with van der Waals surface area (Å²) in [5.74, 6) is 0. The van der Waals surface area contributed by atoms with Gasteiger partial charge in [0.2, 0.25) is 0 Å². The van der Waals surface area contributed by atoms with Crippen molar-refractivity contribution in [3.8, 4) is 0 Å². The molecule has 1 aromatic rings. The number of hydrogen-bond acceptors (Lipinski definition) is 3. The summed E-state index contributed by atoms with van der Waals surface area (Å²) >= 11 is 5.12. The maximum absolute atomic E-state index is 12.1. The summed E-state index contributed by atoms with van der Waals surface area (Å²) in [5.41, 5.74) is -0.178. The molecule has 100 valence electrons. The smallest absolute Gasteiger partial charge is 0.318 e. The summed E-state index contributed by atoms with van der Waals surface area (Å²) in [7, 11) is 1.91. The van der Waals surface area contributed by atoms with Crippen molar-refractivity contribution in [2.75, 3.05) is 20.1 Å². The predicted molar refractivity (Wildman–Crippen MR) is 78.0 cm³/mol. The molecule has 1 aliphatic rings. The monoisotopic (exact) mass is 331 g/mol. The molecule has 4 nitrogen and oxygen atoms in total. The van der Waals surface area contributed by atoms with E-state index in [2.05, 4.69) is 46.5 Å². The average molecular weight is 332 g/mol. The quantitative estimate of drug-likeness (QED) is 0.890. The van der Waals surface area contributed by atoms with Gasteiger partial charge in [-0.25, -0.2) is 4.79 Å². The van der Waals surface area contributed by atoms with Crippen LogP contribution in [0.4, 0.5) is 4.79 Å². The molecule has 18 heavy (non-hydrogen) atoms. The van der Waals surface area contributed by atoms with Crippen molar-refractivity contribution >= 4 is 33.3 Å². The van der Waals surface area contributed by atoms with E-state index in [9.17, 15) is 4.79 Å². The fraction of sp³-hybridized carbons (Fsp3) is 0.583. The van der Waals surface area contributed by atoms with Crippen LogP contribution in [0, 0.1) is 0 Å². The second-order valence-corrected chi connectivity index (χ2v) is 6.98. The molecule has 1 saturated heterocycles. The Morgan fingerprint density at radius 3 is 2.94 bits per heavy atom. The molecule has 0 bridgehead atoms. The number of nitrogens with one attached hydrogen (secondary N) is 2. The fourth-order valence-electron chi connectivity index (χ4n) is 2.26. The Kier molecular flexibility index (Phi) is 3.99. The zero-order chi connectivity index (χ0) is 13.3. The molecule has 2 rings (SSSR count). The van der Waals surface area contributed by atoms with Crippen molar-refractivity contribution in [2.24, 2.45) is 0 Å². The lowest BCUT2D eigenvalue weighted by molar-refractivity contribution is 0.158. The molecule has 1 aromatic heterocycles. The molecule has 1 atom stereocenters. The van der Waals surface area contributed by atoms with Gasteiger partial charge in [-0.3, -0.25) is 0 Å². The lowest BCUT2D eigenvalue weighted by Crippen LogP contribution is -2.51. The average Bonchev–Trinajstić information content (AvgIpc) is 2.84. The van der Waals surface area contributed by atoms with Crippen molar-refractivity contribution in [3.63, 3.8) is 0 Å². The number of carbonyl (C=O) groups is 1. The van der Waals surface area contributed by atoms with Crippen LogP contribution in [0.25, 0.3) is 0 Å². The topological polar surface area (TPSA) is 44.4 Å². The Hall–Kier alpha value is -0.590. The van der Waals surface area contributed by atoms with Gasteiger partial charge in [0.05, 0.1) is 11.6 Å². The molecule has 2 N–H and O–H groups in total. The standard InChI is InChI=1S/C12H18BrN3OS/c1-12(2,7-14-3)16-5-9(15-11(16)17)10-4-8(13)6-18-10/h4,6,9,14H,5,7H2,1-3H3,(H,15,17). The van der Waals surface area contributed by atoms with Crippen molar-refractivity contribution in [1.82, 2.24) is 15.5 Å². The van der Waals surface area contributed by atoms with Crippen LogP contribution in [-0.4, -0.2) is 36.6 Å². The number of rotatable bonds is 4. The summed E-state index contributed by atoms with van der Waals surface area (Å²) in [4.78, 5) is 15.2. The Balaban J connectivity index is 2.12. The molecule has 1 fully saturated rings. The first-order chi connectivity index (χ1) is 8.44. The highest BCUT2D eigenvalue weighted by atomic mass is 79.9. The number of halogens is 1.